The summed E-state index contributed by atoms with van der Waals surface area (Å²) in [7, 11) is 0. The number of nitrogens with one attached hydrogen (secondary N) is 2. The number of hydrogen-bond donors (Lipinski definition) is 4. The molecule has 2 heterocycles. The van der Waals surface area contributed by atoms with Crippen LogP contribution in [0.5, 0.6) is 0 Å². The number of rotatable bonds is 10. The van der Waals surface area contributed by atoms with Crippen molar-refractivity contribution in [1.82, 2.24) is 19.5 Å². The van der Waals surface area contributed by atoms with E-state index in [2.05, 4.69) is 25.6 Å². The number of hydrogen-bond acceptors (Lipinski definition) is 7. The van der Waals surface area contributed by atoms with Gasteiger partial charge in [-0.25, -0.2) is 14.8 Å². The maximum absolute atomic E-state index is 13.2. The lowest BCUT2D eigenvalue weighted by Crippen LogP contribution is -2.31. The van der Waals surface area contributed by atoms with E-state index in [4.69, 9.17) is 0 Å². The minimum atomic E-state index is -4.47. The van der Waals surface area contributed by atoms with E-state index < -0.39 is 29.6 Å². The highest BCUT2D eigenvalue weighted by atomic mass is 19.4. The molecule has 4 N–H and O–H groups in total. The number of aliphatic hydroxyl groups is 1. The van der Waals surface area contributed by atoms with E-state index in [1.807, 2.05) is 37.3 Å². The molecule has 9 nitrogen and oxygen atoms in total. The van der Waals surface area contributed by atoms with Crippen LogP contribution in [0.4, 0.5) is 24.9 Å². The Morgan fingerprint density at radius 1 is 1.05 bits per heavy atom. The van der Waals surface area contributed by atoms with Gasteiger partial charge in [-0.2, -0.15) is 18.2 Å². The smallest absolute Gasteiger partial charge is 0.416 e. The van der Waals surface area contributed by atoms with E-state index >= 15 is 0 Å². The number of aromatic carboxylic acids is 1. The van der Waals surface area contributed by atoms with Gasteiger partial charge in [-0.1, -0.05) is 48.9 Å². The van der Waals surface area contributed by atoms with Crippen LogP contribution >= 0.6 is 0 Å². The number of fused-ring (bicyclic) bond motifs is 1. The molecule has 2 atom stereocenters. The maximum atomic E-state index is 13.2. The lowest BCUT2D eigenvalue weighted by Gasteiger charge is -2.32. The number of halogens is 3. The van der Waals surface area contributed by atoms with Crippen LogP contribution in [0.25, 0.3) is 11.2 Å². The number of aliphatic hydroxyl groups excluding tert-OH is 1. The van der Waals surface area contributed by atoms with Gasteiger partial charge in [0.2, 0.25) is 11.8 Å². The first-order valence-electron chi connectivity index (χ1n) is 13.0. The quantitative estimate of drug-likeness (QED) is 0.207. The Bertz CT molecular complexity index is 1490. The standard InChI is InChI=1S/C28H29F3N6O3/c1-16(18-8-5-9-18)32-23-22-24(35-25(34-23)26(39)40)36-27(33-21(15-38)19-6-3-2-4-7-19)37(22)14-17-10-12-20(13-11-17)28(29,30)31/h2-4,6-7,10-13,16,18,21,38H,5,8-9,14-15H2,1H3,(H,39,40)(H2,32,33,34,35,36)/t16-,21+/m1/s1. The largest absolute Gasteiger partial charge is 0.475 e. The minimum Gasteiger partial charge on any atom is -0.475 e. The average molecular weight is 555 g/mol. The van der Waals surface area contributed by atoms with Crippen LogP contribution in [-0.2, 0) is 12.7 Å². The van der Waals surface area contributed by atoms with E-state index in [1.54, 1.807) is 4.57 Å². The zero-order valence-electron chi connectivity index (χ0n) is 21.7. The van der Waals surface area contributed by atoms with Crippen LogP contribution in [0.3, 0.4) is 0 Å². The van der Waals surface area contributed by atoms with E-state index in [-0.39, 0.29) is 36.6 Å². The number of imidazole rings is 1. The zero-order chi connectivity index (χ0) is 28.4. The average Bonchev–Trinajstić information content (AvgIpc) is 3.23. The summed E-state index contributed by atoms with van der Waals surface area (Å²) in [4.78, 5) is 24.9. The summed E-state index contributed by atoms with van der Waals surface area (Å²) < 4.78 is 41.2. The predicted octanol–water partition coefficient (Wildman–Crippen LogP) is 5.34. The molecule has 5 rings (SSSR count). The molecule has 40 heavy (non-hydrogen) atoms. The third-order valence-corrected chi connectivity index (χ3v) is 7.33. The van der Waals surface area contributed by atoms with E-state index in [1.165, 1.54) is 12.1 Å². The topological polar surface area (TPSA) is 125 Å². The molecule has 4 aromatic rings. The number of anilines is 2. The molecule has 2 aromatic heterocycles. The van der Waals surface area contributed by atoms with Gasteiger partial charge >= 0.3 is 12.1 Å². The fourth-order valence-corrected chi connectivity index (χ4v) is 4.83. The van der Waals surface area contributed by atoms with Gasteiger partial charge < -0.3 is 25.4 Å². The Hall–Kier alpha value is -4.19. The number of aromatic nitrogens is 4. The van der Waals surface area contributed by atoms with Crippen LogP contribution in [0.2, 0.25) is 0 Å². The van der Waals surface area contributed by atoms with E-state index in [9.17, 15) is 28.2 Å². The number of carbonyl (C=O) groups is 1. The summed E-state index contributed by atoms with van der Waals surface area (Å²) in [5.74, 6) is -0.809. The van der Waals surface area contributed by atoms with Gasteiger partial charge in [0.05, 0.1) is 24.8 Å². The molecule has 1 saturated carbocycles. The van der Waals surface area contributed by atoms with Crippen molar-refractivity contribution in [3.05, 3.63) is 77.1 Å². The lowest BCUT2D eigenvalue weighted by atomic mass is 9.80. The summed E-state index contributed by atoms with van der Waals surface area (Å²) in [5, 5.41) is 26.4. The first kappa shape index (κ1) is 27.4. The van der Waals surface area contributed by atoms with Gasteiger partial charge in [0, 0.05) is 6.04 Å². The van der Waals surface area contributed by atoms with Crippen molar-refractivity contribution in [3.63, 3.8) is 0 Å². The van der Waals surface area contributed by atoms with Crippen molar-refractivity contribution in [3.8, 4) is 0 Å². The second-order valence-electron chi connectivity index (χ2n) is 10.0. The van der Waals surface area contributed by atoms with E-state index in [0.717, 1.165) is 37.0 Å². The van der Waals surface area contributed by atoms with Gasteiger partial charge in [-0.3, -0.25) is 0 Å². The molecule has 0 saturated heterocycles. The highest BCUT2D eigenvalue weighted by molar-refractivity contribution is 5.91. The van der Waals surface area contributed by atoms with Crippen molar-refractivity contribution in [2.45, 2.75) is 51.0 Å². The lowest BCUT2D eigenvalue weighted by molar-refractivity contribution is -0.137. The first-order valence-corrected chi connectivity index (χ1v) is 13.0. The normalized spacial score (nSPS) is 15.4. The number of carboxylic acid groups (broad SMARTS) is 1. The van der Waals surface area contributed by atoms with Gasteiger partial charge in [0.15, 0.2) is 11.5 Å². The molecule has 2 aromatic carbocycles. The summed E-state index contributed by atoms with van der Waals surface area (Å²) in [6, 6.07) is 13.4. The molecule has 210 valence electrons. The van der Waals surface area contributed by atoms with Crippen molar-refractivity contribution in [2.24, 2.45) is 5.92 Å². The second kappa shape index (κ2) is 11.1. The van der Waals surface area contributed by atoms with Crippen molar-refractivity contribution >= 4 is 28.9 Å². The Balaban J connectivity index is 1.62. The molecule has 0 amide bonds. The molecule has 0 unspecified atom stereocenters. The van der Waals surface area contributed by atoms with Crippen LogP contribution in [0.1, 0.15) is 59.5 Å². The number of carboxylic acids is 1. The van der Waals surface area contributed by atoms with Crippen molar-refractivity contribution < 1.29 is 28.2 Å². The molecule has 0 radical (unpaired) electrons. The fraction of sp³-hybridized carbons (Fsp3) is 0.357. The van der Waals surface area contributed by atoms with Crippen LogP contribution < -0.4 is 10.6 Å². The number of benzene rings is 2. The van der Waals surface area contributed by atoms with Gasteiger partial charge in [-0.15, -0.1) is 0 Å². The molecule has 0 aliphatic heterocycles. The van der Waals surface area contributed by atoms with Crippen LogP contribution in [0, 0.1) is 5.92 Å². The highest BCUT2D eigenvalue weighted by Crippen LogP contribution is 2.34. The predicted molar refractivity (Wildman–Crippen MR) is 143 cm³/mol. The molecule has 0 bridgehead atoms. The Morgan fingerprint density at radius 2 is 1.75 bits per heavy atom. The minimum absolute atomic E-state index is 0.00571. The van der Waals surface area contributed by atoms with Crippen molar-refractivity contribution in [1.29, 1.82) is 0 Å². The molecule has 12 heteroatoms. The Kier molecular flexibility index (Phi) is 7.61. The van der Waals surface area contributed by atoms with Crippen molar-refractivity contribution in [2.75, 3.05) is 17.2 Å². The first-order chi connectivity index (χ1) is 19.1. The van der Waals surface area contributed by atoms with Crippen LogP contribution in [-0.4, -0.2) is 48.4 Å². The Labute approximate surface area is 228 Å². The number of nitrogens with zero attached hydrogens (tertiary/aromatic N) is 4. The SMILES string of the molecule is C[C@@H](Nc1nc(C(=O)O)nc2nc(N[C@@H](CO)c3ccccc3)n(Cc3ccc(C(F)(F)F)cc3)c12)C1CCC1. The van der Waals surface area contributed by atoms with E-state index in [0.29, 0.717) is 17.0 Å². The second-order valence-corrected chi connectivity index (χ2v) is 10.0. The van der Waals surface area contributed by atoms with Gasteiger partial charge in [0.1, 0.15) is 5.52 Å². The summed E-state index contributed by atoms with van der Waals surface area (Å²) >= 11 is 0. The third kappa shape index (κ3) is 5.71. The monoisotopic (exact) mass is 554 g/mol. The van der Waals surface area contributed by atoms with Gasteiger partial charge in [0.25, 0.3) is 0 Å². The molecular formula is C28H29F3N6O3. The summed E-state index contributed by atoms with van der Waals surface area (Å²) in [6.45, 7) is 1.82. The molecule has 1 aliphatic rings. The Morgan fingerprint density at radius 3 is 2.33 bits per heavy atom. The molecule has 1 aliphatic carbocycles. The summed E-state index contributed by atoms with van der Waals surface area (Å²) in [5.41, 5.74) is 1.09. The summed E-state index contributed by atoms with van der Waals surface area (Å²) in [6.07, 6.45) is -1.26. The fourth-order valence-electron chi connectivity index (χ4n) is 4.83. The van der Waals surface area contributed by atoms with Crippen LogP contribution in [0.15, 0.2) is 54.6 Å². The molecule has 1 fully saturated rings. The van der Waals surface area contributed by atoms with Gasteiger partial charge in [-0.05, 0) is 48.9 Å². The molecule has 0 spiro atoms. The maximum Gasteiger partial charge on any atom is 0.416 e. The third-order valence-electron chi connectivity index (χ3n) is 7.33. The zero-order valence-corrected chi connectivity index (χ0v) is 21.7. The highest BCUT2D eigenvalue weighted by Gasteiger charge is 2.31. The molecular weight excluding hydrogens is 525 g/mol. The number of alkyl halides is 3.